The highest BCUT2D eigenvalue weighted by atomic mass is 19.4. The number of carbonyl (C=O) groups excluding carboxylic acids is 1. The van der Waals surface area contributed by atoms with Gasteiger partial charge in [-0.2, -0.15) is 13.2 Å². The van der Waals surface area contributed by atoms with E-state index < -0.39 is 23.2 Å². The largest absolute Gasteiger partial charge is 0.417 e. The molecule has 0 unspecified atom stereocenters. The van der Waals surface area contributed by atoms with Crippen molar-refractivity contribution in [1.29, 1.82) is 0 Å². The Kier molecular flexibility index (Phi) is 5.81. The summed E-state index contributed by atoms with van der Waals surface area (Å²) in [6, 6.07) is 11.8. The van der Waals surface area contributed by atoms with Crippen LogP contribution in [0.3, 0.4) is 0 Å². The highest BCUT2D eigenvalue weighted by Crippen LogP contribution is 2.32. The maximum Gasteiger partial charge on any atom is 0.417 e. The summed E-state index contributed by atoms with van der Waals surface area (Å²) in [4.78, 5) is 20.8. The molecule has 0 saturated carbocycles. The van der Waals surface area contributed by atoms with E-state index in [1.807, 2.05) is 26.0 Å². The Balaban J connectivity index is 1.89. The number of aryl methyl sites for hydroxylation is 2. The Morgan fingerprint density at radius 1 is 1.07 bits per heavy atom. The molecule has 29 heavy (non-hydrogen) atoms. The molecule has 0 aliphatic heterocycles. The van der Waals surface area contributed by atoms with Crippen LogP contribution in [-0.2, 0) is 12.6 Å². The molecule has 0 radical (unpaired) electrons. The van der Waals surface area contributed by atoms with E-state index >= 15 is 0 Å². The first kappa shape index (κ1) is 20.3. The summed E-state index contributed by atoms with van der Waals surface area (Å²) < 4.78 is 39.7. The molecule has 0 aliphatic rings. The Morgan fingerprint density at radius 3 is 2.52 bits per heavy atom. The van der Waals surface area contributed by atoms with Gasteiger partial charge in [0, 0.05) is 23.1 Å². The molecule has 0 spiro atoms. The highest BCUT2D eigenvalue weighted by molar-refractivity contribution is 6.06. The van der Waals surface area contributed by atoms with E-state index in [9.17, 15) is 18.0 Å². The van der Waals surface area contributed by atoms with Crippen molar-refractivity contribution in [3.05, 3.63) is 77.2 Å². The van der Waals surface area contributed by atoms with E-state index in [4.69, 9.17) is 0 Å². The monoisotopic (exact) mass is 400 g/mol. The second-order valence-electron chi connectivity index (χ2n) is 6.39. The second-order valence-corrected chi connectivity index (χ2v) is 6.39. The van der Waals surface area contributed by atoms with Crippen molar-refractivity contribution >= 4 is 23.1 Å². The molecular formula is C21H19F3N4O. The minimum absolute atomic E-state index is 0.424. The Bertz CT molecular complexity index is 1030. The van der Waals surface area contributed by atoms with Gasteiger partial charge in [-0.3, -0.25) is 4.79 Å². The lowest BCUT2D eigenvalue weighted by molar-refractivity contribution is -0.137. The summed E-state index contributed by atoms with van der Waals surface area (Å²) in [5, 5.41) is 5.72. The van der Waals surface area contributed by atoms with E-state index in [-0.39, 0.29) is 0 Å². The maximum absolute atomic E-state index is 13.2. The van der Waals surface area contributed by atoms with Gasteiger partial charge < -0.3 is 10.6 Å². The highest BCUT2D eigenvalue weighted by Gasteiger charge is 2.34. The van der Waals surface area contributed by atoms with Crippen LogP contribution >= 0.6 is 0 Å². The zero-order valence-electron chi connectivity index (χ0n) is 15.8. The Morgan fingerprint density at radius 2 is 1.83 bits per heavy atom. The molecule has 0 atom stereocenters. The normalized spacial score (nSPS) is 11.2. The summed E-state index contributed by atoms with van der Waals surface area (Å²) in [6.45, 7) is 3.73. The lowest BCUT2D eigenvalue weighted by atomic mass is 10.1. The van der Waals surface area contributed by atoms with Gasteiger partial charge in [-0.25, -0.2) is 9.97 Å². The standard InChI is InChI=1S/C21H19F3N4O/c1-3-14-8-9-15(27-19-10-13(2)25-12-26-19)11-18(14)28-20(29)16-6-4-5-7-17(16)21(22,23)24/h4-12H,3H2,1-2H3,(H,28,29)(H,25,26,27). The van der Waals surface area contributed by atoms with Gasteiger partial charge in [-0.05, 0) is 43.2 Å². The summed E-state index contributed by atoms with van der Waals surface area (Å²) in [5.41, 5.74) is 1.26. The summed E-state index contributed by atoms with van der Waals surface area (Å²) in [7, 11) is 0. The number of hydrogen-bond acceptors (Lipinski definition) is 4. The molecule has 5 nitrogen and oxygen atoms in total. The SMILES string of the molecule is CCc1ccc(Nc2cc(C)ncn2)cc1NC(=O)c1ccccc1C(F)(F)F. The van der Waals surface area contributed by atoms with Crippen molar-refractivity contribution in [3.8, 4) is 0 Å². The molecule has 0 aliphatic carbocycles. The fraction of sp³-hybridized carbons (Fsp3) is 0.190. The maximum atomic E-state index is 13.2. The lowest BCUT2D eigenvalue weighted by Crippen LogP contribution is -2.19. The zero-order chi connectivity index (χ0) is 21.0. The number of amides is 1. The predicted molar refractivity (Wildman–Crippen MR) is 105 cm³/mol. The van der Waals surface area contributed by atoms with Crippen LogP contribution in [-0.4, -0.2) is 15.9 Å². The fourth-order valence-electron chi connectivity index (χ4n) is 2.87. The van der Waals surface area contributed by atoms with Gasteiger partial charge in [0.05, 0.1) is 11.1 Å². The number of benzene rings is 2. The predicted octanol–water partition coefficient (Wildman–Crippen LogP) is 5.36. The van der Waals surface area contributed by atoms with Gasteiger partial charge in [0.25, 0.3) is 5.91 Å². The molecular weight excluding hydrogens is 381 g/mol. The van der Waals surface area contributed by atoms with Crippen LogP contribution in [0.15, 0.2) is 54.9 Å². The molecule has 0 fully saturated rings. The molecule has 2 N–H and O–H groups in total. The number of anilines is 3. The van der Waals surface area contributed by atoms with Gasteiger partial charge >= 0.3 is 6.18 Å². The van der Waals surface area contributed by atoms with E-state index in [0.717, 1.165) is 23.4 Å². The third-order valence-corrected chi connectivity index (χ3v) is 4.29. The van der Waals surface area contributed by atoms with Gasteiger partial charge in [0.2, 0.25) is 0 Å². The van der Waals surface area contributed by atoms with Gasteiger partial charge in [0.1, 0.15) is 12.1 Å². The molecule has 0 saturated heterocycles. The molecule has 1 heterocycles. The average Bonchev–Trinajstić information content (AvgIpc) is 2.67. The van der Waals surface area contributed by atoms with Crippen molar-refractivity contribution < 1.29 is 18.0 Å². The van der Waals surface area contributed by atoms with Gasteiger partial charge in [-0.1, -0.05) is 25.1 Å². The van der Waals surface area contributed by atoms with Crippen LogP contribution in [0, 0.1) is 6.92 Å². The molecule has 3 aromatic rings. The third-order valence-electron chi connectivity index (χ3n) is 4.29. The summed E-state index contributed by atoms with van der Waals surface area (Å²) in [5.74, 6) is -0.246. The first-order valence-corrected chi connectivity index (χ1v) is 8.94. The molecule has 0 bridgehead atoms. The number of nitrogens with zero attached hydrogens (tertiary/aromatic N) is 2. The summed E-state index contributed by atoms with van der Waals surface area (Å²) in [6.07, 6.45) is -2.59. The van der Waals surface area contributed by atoms with E-state index in [1.54, 1.807) is 12.1 Å². The number of hydrogen-bond donors (Lipinski definition) is 2. The minimum atomic E-state index is -4.62. The third kappa shape index (κ3) is 4.90. The van der Waals surface area contributed by atoms with Gasteiger partial charge in [0.15, 0.2) is 0 Å². The quantitative estimate of drug-likeness (QED) is 0.605. The van der Waals surface area contributed by atoms with Crippen LogP contribution in [0.4, 0.5) is 30.4 Å². The van der Waals surface area contributed by atoms with Crippen molar-refractivity contribution in [2.45, 2.75) is 26.4 Å². The number of aromatic nitrogens is 2. The van der Waals surface area contributed by atoms with Crippen molar-refractivity contribution in [3.63, 3.8) is 0 Å². The van der Waals surface area contributed by atoms with Crippen molar-refractivity contribution in [1.82, 2.24) is 9.97 Å². The van der Waals surface area contributed by atoms with Crippen molar-refractivity contribution in [2.24, 2.45) is 0 Å². The minimum Gasteiger partial charge on any atom is -0.340 e. The zero-order valence-corrected chi connectivity index (χ0v) is 15.8. The molecule has 8 heteroatoms. The number of halogens is 3. The Hall–Kier alpha value is -3.42. The lowest BCUT2D eigenvalue weighted by Gasteiger charge is -2.15. The molecule has 1 aromatic heterocycles. The van der Waals surface area contributed by atoms with E-state index in [2.05, 4.69) is 20.6 Å². The Labute approximate surface area is 166 Å². The molecule has 1 amide bonds. The van der Waals surface area contributed by atoms with E-state index in [0.29, 0.717) is 23.6 Å². The first-order valence-electron chi connectivity index (χ1n) is 8.94. The number of carbonyl (C=O) groups is 1. The van der Waals surface area contributed by atoms with Crippen LogP contribution in [0.25, 0.3) is 0 Å². The topological polar surface area (TPSA) is 66.9 Å². The summed E-state index contributed by atoms with van der Waals surface area (Å²) >= 11 is 0. The number of alkyl halides is 3. The van der Waals surface area contributed by atoms with Crippen molar-refractivity contribution in [2.75, 3.05) is 10.6 Å². The molecule has 3 rings (SSSR count). The van der Waals surface area contributed by atoms with E-state index in [1.165, 1.54) is 18.5 Å². The van der Waals surface area contributed by atoms with Crippen LogP contribution in [0.1, 0.15) is 34.1 Å². The molecule has 150 valence electrons. The van der Waals surface area contributed by atoms with Crippen LogP contribution in [0.2, 0.25) is 0 Å². The fourth-order valence-corrected chi connectivity index (χ4v) is 2.87. The average molecular weight is 400 g/mol. The number of rotatable bonds is 5. The molecule has 2 aromatic carbocycles. The number of nitrogens with one attached hydrogen (secondary N) is 2. The van der Waals surface area contributed by atoms with Gasteiger partial charge in [-0.15, -0.1) is 0 Å². The smallest absolute Gasteiger partial charge is 0.340 e. The van der Waals surface area contributed by atoms with Crippen LogP contribution < -0.4 is 10.6 Å². The first-order chi connectivity index (χ1) is 13.8. The second kappa shape index (κ2) is 8.30. The van der Waals surface area contributed by atoms with Crippen LogP contribution in [0.5, 0.6) is 0 Å².